The minimum atomic E-state index is -0.0453. The zero-order valence-electron chi connectivity index (χ0n) is 17.4. The van der Waals surface area contributed by atoms with Crippen LogP contribution in [0.15, 0.2) is 35.7 Å². The Hall–Kier alpha value is -3.67. The first-order valence-corrected chi connectivity index (χ1v) is 10.2. The Labute approximate surface area is 181 Å². The van der Waals surface area contributed by atoms with Crippen LogP contribution in [0.4, 0.5) is 0 Å². The van der Waals surface area contributed by atoms with Gasteiger partial charge in [0.2, 0.25) is 11.1 Å². The topological polar surface area (TPSA) is 126 Å². The zero-order chi connectivity index (χ0) is 22.0. The van der Waals surface area contributed by atoms with Crippen LogP contribution in [-0.2, 0) is 0 Å². The number of hydrogen-bond donors (Lipinski definition) is 1. The summed E-state index contributed by atoms with van der Waals surface area (Å²) < 4.78 is 14.1. The highest BCUT2D eigenvalue weighted by atomic mass is 32.2. The quantitative estimate of drug-likeness (QED) is 0.324. The maximum absolute atomic E-state index is 13.0. The van der Waals surface area contributed by atoms with Gasteiger partial charge in [-0.2, -0.15) is 14.8 Å². The smallest absolute Gasteiger partial charge is 0.229 e. The second kappa shape index (κ2) is 8.60. The molecule has 0 fully saturated rings. The van der Waals surface area contributed by atoms with Crippen molar-refractivity contribution in [1.82, 2.24) is 40.0 Å². The number of thioether (sulfide) groups is 1. The second-order valence-corrected chi connectivity index (χ2v) is 7.49. The highest BCUT2D eigenvalue weighted by Crippen LogP contribution is 2.30. The number of ether oxygens (including phenoxy) is 2. The number of benzene rings is 1. The summed E-state index contributed by atoms with van der Waals surface area (Å²) in [6, 6.07) is 7.17. The van der Waals surface area contributed by atoms with E-state index >= 15 is 0 Å². The molecule has 0 unspecified atom stereocenters. The molecule has 1 aromatic carbocycles. The van der Waals surface area contributed by atoms with Gasteiger partial charge in [0.05, 0.1) is 20.0 Å². The molecular formula is C19H20N8O3S. The molecule has 0 aliphatic carbocycles. The standard InChI is InChI=1S/C19H20N8O3S/c1-11-7-14(12(2)26(11)18-20-10-21-22-18)16(28)9-31-19-23-24-25-27(19)15-8-13(29-3)5-6-17(15)30-4/h5-8,10H,9H2,1-4H3,(H,20,21,22). The number of aromatic amines is 1. The Morgan fingerprint density at radius 2 is 2.03 bits per heavy atom. The van der Waals surface area contributed by atoms with Crippen molar-refractivity contribution < 1.29 is 14.3 Å². The van der Waals surface area contributed by atoms with Crippen molar-refractivity contribution in [2.24, 2.45) is 0 Å². The molecular weight excluding hydrogens is 420 g/mol. The van der Waals surface area contributed by atoms with Crippen LogP contribution in [0.5, 0.6) is 11.5 Å². The molecule has 0 amide bonds. The number of methoxy groups -OCH3 is 2. The lowest BCUT2D eigenvalue weighted by Gasteiger charge is -2.11. The molecule has 1 N–H and O–H groups in total. The lowest BCUT2D eigenvalue weighted by atomic mass is 10.2. The number of nitrogens with zero attached hydrogens (tertiary/aromatic N) is 7. The molecule has 0 aliphatic heterocycles. The normalized spacial score (nSPS) is 11.0. The fourth-order valence-corrected chi connectivity index (χ4v) is 4.04. The van der Waals surface area contributed by atoms with E-state index in [0.717, 1.165) is 11.4 Å². The molecule has 0 radical (unpaired) electrons. The van der Waals surface area contributed by atoms with Crippen LogP contribution in [-0.4, -0.2) is 65.7 Å². The van der Waals surface area contributed by atoms with Crippen molar-refractivity contribution >= 4 is 17.5 Å². The molecule has 4 rings (SSSR count). The van der Waals surface area contributed by atoms with Crippen LogP contribution < -0.4 is 9.47 Å². The van der Waals surface area contributed by atoms with E-state index in [1.165, 1.54) is 22.8 Å². The molecule has 11 nitrogen and oxygen atoms in total. The first-order valence-electron chi connectivity index (χ1n) is 9.25. The van der Waals surface area contributed by atoms with E-state index in [-0.39, 0.29) is 11.5 Å². The predicted molar refractivity (Wildman–Crippen MR) is 112 cm³/mol. The Bertz CT molecular complexity index is 1220. The molecule has 0 spiro atoms. The number of rotatable bonds is 8. The number of carbonyl (C=O) groups excluding carboxylic acids is 1. The third kappa shape index (κ3) is 3.89. The van der Waals surface area contributed by atoms with Gasteiger partial charge in [0.1, 0.15) is 23.5 Å². The monoisotopic (exact) mass is 440 g/mol. The SMILES string of the molecule is COc1ccc(OC)c(-n2nnnc2SCC(=O)c2cc(C)n(-c3ncn[nH]3)c2C)c1. The molecule has 4 aromatic rings. The molecule has 160 valence electrons. The summed E-state index contributed by atoms with van der Waals surface area (Å²) in [7, 11) is 3.14. The Morgan fingerprint density at radius 3 is 2.74 bits per heavy atom. The summed E-state index contributed by atoms with van der Waals surface area (Å²) in [5.74, 6) is 1.90. The number of aromatic nitrogens is 8. The molecule has 31 heavy (non-hydrogen) atoms. The number of nitrogens with one attached hydrogen (secondary N) is 1. The van der Waals surface area contributed by atoms with Crippen molar-refractivity contribution in [1.29, 1.82) is 0 Å². The van der Waals surface area contributed by atoms with E-state index in [9.17, 15) is 4.79 Å². The predicted octanol–water partition coefficient (Wildman–Crippen LogP) is 2.18. The van der Waals surface area contributed by atoms with E-state index < -0.39 is 0 Å². The molecule has 0 saturated heterocycles. The van der Waals surface area contributed by atoms with Gasteiger partial charge in [-0.15, -0.1) is 5.10 Å². The van der Waals surface area contributed by atoms with Gasteiger partial charge in [-0.05, 0) is 42.5 Å². The average molecular weight is 440 g/mol. The van der Waals surface area contributed by atoms with E-state index in [1.807, 2.05) is 24.5 Å². The molecule has 0 bridgehead atoms. The van der Waals surface area contributed by atoms with Crippen molar-refractivity contribution in [2.45, 2.75) is 19.0 Å². The summed E-state index contributed by atoms with van der Waals surface area (Å²) in [5.41, 5.74) is 2.90. The van der Waals surface area contributed by atoms with Gasteiger partial charge in [0, 0.05) is 23.0 Å². The van der Waals surface area contributed by atoms with Gasteiger partial charge >= 0.3 is 0 Å². The number of carbonyl (C=O) groups is 1. The Balaban J connectivity index is 1.57. The largest absolute Gasteiger partial charge is 0.497 e. The summed E-state index contributed by atoms with van der Waals surface area (Å²) in [4.78, 5) is 17.1. The zero-order valence-corrected chi connectivity index (χ0v) is 18.2. The number of tetrazole rings is 1. The maximum Gasteiger partial charge on any atom is 0.229 e. The maximum atomic E-state index is 13.0. The molecule has 0 aliphatic rings. The first kappa shape index (κ1) is 20.6. The van der Waals surface area contributed by atoms with Crippen molar-refractivity contribution in [3.05, 3.63) is 47.5 Å². The van der Waals surface area contributed by atoms with Gasteiger partial charge < -0.3 is 9.47 Å². The summed E-state index contributed by atoms with van der Waals surface area (Å²) in [6.07, 6.45) is 1.43. The lowest BCUT2D eigenvalue weighted by Crippen LogP contribution is -2.08. The molecule has 12 heteroatoms. The molecule has 0 saturated carbocycles. The van der Waals surface area contributed by atoms with Gasteiger partial charge in [0.15, 0.2) is 5.78 Å². The summed E-state index contributed by atoms with van der Waals surface area (Å²) in [6.45, 7) is 3.79. The highest BCUT2D eigenvalue weighted by Gasteiger charge is 2.20. The number of aryl methyl sites for hydroxylation is 1. The van der Waals surface area contributed by atoms with Crippen LogP contribution >= 0.6 is 11.8 Å². The summed E-state index contributed by atoms with van der Waals surface area (Å²) in [5, 5.41) is 19.0. The average Bonchev–Trinajstić information content (AvgIpc) is 3.52. The number of Topliss-reactive ketones (excluding diaryl/α,β-unsaturated/α-hetero) is 1. The van der Waals surface area contributed by atoms with E-state index in [1.54, 1.807) is 32.4 Å². The van der Waals surface area contributed by atoms with Crippen LogP contribution in [0.1, 0.15) is 21.7 Å². The van der Waals surface area contributed by atoms with Crippen molar-refractivity contribution in [3.63, 3.8) is 0 Å². The molecule has 0 atom stereocenters. The van der Waals surface area contributed by atoms with Crippen molar-refractivity contribution in [3.8, 4) is 23.1 Å². The van der Waals surface area contributed by atoms with E-state index in [4.69, 9.17) is 9.47 Å². The minimum Gasteiger partial charge on any atom is -0.497 e. The number of H-pyrrole nitrogens is 1. The molecule has 3 aromatic heterocycles. The minimum absolute atomic E-state index is 0.0453. The summed E-state index contributed by atoms with van der Waals surface area (Å²) >= 11 is 1.24. The third-order valence-corrected chi connectivity index (χ3v) is 5.65. The molecule has 3 heterocycles. The van der Waals surface area contributed by atoms with Crippen LogP contribution in [0.3, 0.4) is 0 Å². The van der Waals surface area contributed by atoms with Gasteiger partial charge in [-0.1, -0.05) is 11.8 Å². The van der Waals surface area contributed by atoms with Gasteiger partial charge in [-0.25, -0.2) is 5.10 Å². The highest BCUT2D eigenvalue weighted by molar-refractivity contribution is 7.99. The van der Waals surface area contributed by atoms with Crippen LogP contribution in [0, 0.1) is 13.8 Å². The van der Waals surface area contributed by atoms with E-state index in [2.05, 4.69) is 30.7 Å². The Morgan fingerprint density at radius 1 is 1.19 bits per heavy atom. The fourth-order valence-electron chi connectivity index (χ4n) is 3.27. The van der Waals surface area contributed by atoms with Gasteiger partial charge in [0.25, 0.3) is 0 Å². The van der Waals surface area contributed by atoms with Crippen LogP contribution in [0.2, 0.25) is 0 Å². The number of hydrogen-bond acceptors (Lipinski definition) is 9. The Kier molecular flexibility index (Phi) is 5.71. The van der Waals surface area contributed by atoms with E-state index in [0.29, 0.717) is 33.9 Å². The lowest BCUT2D eigenvalue weighted by molar-refractivity contribution is 0.102. The third-order valence-electron chi connectivity index (χ3n) is 4.73. The van der Waals surface area contributed by atoms with Crippen molar-refractivity contribution in [2.75, 3.05) is 20.0 Å². The second-order valence-electron chi connectivity index (χ2n) is 6.55. The first-order chi connectivity index (χ1) is 15.0. The van der Waals surface area contributed by atoms with Gasteiger partial charge in [-0.3, -0.25) is 9.36 Å². The number of ketones is 1. The fraction of sp³-hybridized carbons (Fsp3) is 0.263. The van der Waals surface area contributed by atoms with Crippen LogP contribution in [0.25, 0.3) is 11.6 Å².